The van der Waals surface area contributed by atoms with Crippen molar-refractivity contribution in [1.82, 2.24) is 5.06 Å². The van der Waals surface area contributed by atoms with Gasteiger partial charge >= 0.3 is 0 Å². The summed E-state index contributed by atoms with van der Waals surface area (Å²) in [6.07, 6.45) is 7.03. The van der Waals surface area contributed by atoms with Gasteiger partial charge in [0, 0.05) is 6.42 Å². The van der Waals surface area contributed by atoms with Crippen molar-refractivity contribution in [3.63, 3.8) is 0 Å². The molecular weight excluding hydrogens is 362 g/mol. The van der Waals surface area contributed by atoms with E-state index in [2.05, 4.69) is 18.2 Å². The Morgan fingerprint density at radius 2 is 1.69 bits per heavy atom. The lowest BCUT2D eigenvalue weighted by Gasteiger charge is -2.37. The van der Waals surface area contributed by atoms with E-state index in [9.17, 15) is 4.79 Å². The Hall–Kier alpha value is -2.43. The quantitative estimate of drug-likeness (QED) is 0.691. The second kappa shape index (κ2) is 8.13. The second-order valence-corrected chi connectivity index (χ2v) is 8.40. The second-order valence-electron chi connectivity index (χ2n) is 8.40. The van der Waals surface area contributed by atoms with Crippen LogP contribution in [0.2, 0.25) is 0 Å². The molecule has 1 atom stereocenters. The normalized spacial score (nSPS) is 25.5. The number of carbonyl (C=O) groups excluding carboxylic acids is 1. The van der Waals surface area contributed by atoms with Gasteiger partial charge in [0.25, 0.3) is 5.91 Å². The largest absolute Gasteiger partial charge is 0.333 e. The highest BCUT2D eigenvalue weighted by Gasteiger charge is 2.59. The molecule has 152 valence electrons. The molecule has 0 N–H and O–H groups in total. The van der Waals surface area contributed by atoms with E-state index in [4.69, 9.17) is 9.57 Å². The summed E-state index contributed by atoms with van der Waals surface area (Å²) in [6.45, 7) is 4.02. The molecule has 2 aromatic carbocycles. The molecule has 0 radical (unpaired) electrons. The Bertz CT molecular complexity index is 875. The van der Waals surface area contributed by atoms with Gasteiger partial charge in [0.15, 0.2) is 5.72 Å². The van der Waals surface area contributed by atoms with Gasteiger partial charge in [0.05, 0.1) is 0 Å². The predicted molar refractivity (Wildman–Crippen MR) is 113 cm³/mol. The SMILES string of the molecule is CC1(C)OC2(CCCCC/C2=C\c2ccccc2)N(OCc2ccccc2)C1=O. The van der Waals surface area contributed by atoms with Crippen LogP contribution in [0.15, 0.2) is 66.2 Å². The van der Waals surface area contributed by atoms with Crippen LogP contribution in [-0.4, -0.2) is 22.3 Å². The Labute approximate surface area is 173 Å². The van der Waals surface area contributed by atoms with Gasteiger partial charge in [-0.1, -0.05) is 73.2 Å². The first-order chi connectivity index (χ1) is 14.0. The number of ether oxygens (including phenoxy) is 1. The Morgan fingerprint density at radius 3 is 2.41 bits per heavy atom. The number of hydroxylamine groups is 2. The lowest BCUT2D eigenvalue weighted by atomic mass is 9.95. The first-order valence-corrected chi connectivity index (χ1v) is 10.5. The summed E-state index contributed by atoms with van der Waals surface area (Å²) in [5.74, 6) is -0.116. The van der Waals surface area contributed by atoms with Crippen molar-refractivity contribution in [2.75, 3.05) is 0 Å². The summed E-state index contributed by atoms with van der Waals surface area (Å²) in [4.78, 5) is 19.5. The predicted octanol–water partition coefficient (Wildman–Crippen LogP) is 5.50. The standard InChI is InChI=1S/C25H29NO3/c1-24(2)23(27)26(28-19-21-14-8-4-9-15-21)25(29-24)17-11-5-10-16-22(25)18-20-12-6-3-7-13-20/h3-4,6-9,12-15,18H,5,10-11,16-17,19H2,1-2H3/b22-18+. The topological polar surface area (TPSA) is 38.8 Å². The van der Waals surface area contributed by atoms with E-state index in [1.807, 2.05) is 62.4 Å². The van der Waals surface area contributed by atoms with E-state index >= 15 is 0 Å². The van der Waals surface area contributed by atoms with Crippen molar-refractivity contribution in [2.24, 2.45) is 0 Å². The maximum absolute atomic E-state index is 13.3. The van der Waals surface area contributed by atoms with E-state index in [1.165, 1.54) is 0 Å². The van der Waals surface area contributed by atoms with E-state index in [1.54, 1.807) is 5.06 Å². The fourth-order valence-corrected chi connectivity index (χ4v) is 4.29. The lowest BCUT2D eigenvalue weighted by molar-refractivity contribution is -0.252. The van der Waals surface area contributed by atoms with Gasteiger partial charge in [-0.3, -0.25) is 9.63 Å². The zero-order valence-corrected chi connectivity index (χ0v) is 17.3. The molecule has 1 unspecified atom stereocenters. The maximum Gasteiger partial charge on any atom is 0.280 e. The first-order valence-electron chi connectivity index (χ1n) is 10.5. The van der Waals surface area contributed by atoms with Crippen LogP contribution in [0.4, 0.5) is 0 Å². The van der Waals surface area contributed by atoms with Crippen LogP contribution in [0.1, 0.15) is 57.1 Å². The fraction of sp³-hybridized carbons (Fsp3) is 0.400. The van der Waals surface area contributed by atoms with Crippen LogP contribution in [0.3, 0.4) is 0 Å². The van der Waals surface area contributed by atoms with E-state index in [-0.39, 0.29) is 5.91 Å². The average Bonchev–Trinajstić information content (AvgIpc) is 2.83. The molecule has 2 aliphatic rings. The van der Waals surface area contributed by atoms with Crippen LogP contribution in [-0.2, 0) is 21.0 Å². The van der Waals surface area contributed by atoms with Crippen LogP contribution in [0.5, 0.6) is 0 Å². The van der Waals surface area contributed by atoms with Crippen molar-refractivity contribution in [3.05, 3.63) is 77.4 Å². The van der Waals surface area contributed by atoms with Gasteiger partial charge in [0.1, 0.15) is 12.2 Å². The molecule has 1 spiro atoms. The highest BCUT2D eigenvalue weighted by molar-refractivity contribution is 5.87. The van der Waals surface area contributed by atoms with Crippen molar-refractivity contribution in [1.29, 1.82) is 0 Å². The molecule has 2 aromatic rings. The molecule has 29 heavy (non-hydrogen) atoms. The highest BCUT2D eigenvalue weighted by Crippen LogP contribution is 2.47. The molecule has 4 nitrogen and oxygen atoms in total. The molecule has 1 saturated heterocycles. The number of hydrogen-bond donors (Lipinski definition) is 0. The van der Waals surface area contributed by atoms with E-state index < -0.39 is 11.3 Å². The summed E-state index contributed by atoms with van der Waals surface area (Å²) in [5.41, 5.74) is 1.50. The molecular formula is C25H29NO3. The first kappa shape index (κ1) is 19.9. The third-order valence-electron chi connectivity index (χ3n) is 5.76. The molecule has 4 rings (SSSR count). The van der Waals surface area contributed by atoms with Crippen LogP contribution >= 0.6 is 0 Å². The van der Waals surface area contributed by atoms with Gasteiger partial charge in [-0.15, -0.1) is 0 Å². The minimum absolute atomic E-state index is 0.116. The van der Waals surface area contributed by atoms with Crippen molar-refractivity contribution >= 4 is 12.0 Å². The van der Waals surface area contributed by atoms with Gasteiger partial charge in [-0.05, 0) is 49.8 Å². The molecule has 0 aromatic heterocycles. The highest BCUT2D eigenvalue weighted by atomic mass is 16.7. The molecule has 4 heteroatoms. The molecule has 1 heterocycles. The van der Waals surface area contributed by atoms with Crippen LogP contribution < -0.4 is 0 Å². The van der Waals surface area contributed by atoms with Gasteiger partial charge in [0.2, 0.25) is 0 Å². The average molecular weight is 392 g/mol. The van der Waals surface area contributed by atoms with Crippen LogP contribution in [0, 0.1) is 0 Å². The summed E-state index contributed by atoms with van der Waals surface area (Å²) >= 11 is 0. The zero-order chi connectivity index (χ0) is 20.3. The molecule has 1 aliphatic carbocycles. The molecule has 0 bridgehead atoms. The number of benzene rings is 2. The molecule has 2 fully saturated rings. The lowest BCUT2D eigenvalue weighted by Crippen LogP contribution is -2.47. The third kappa shape index (κ3) is 4.00. The Morgan fingerprint density at radius 1 is 1.00 bits per heavy atom. The summed E-state index contributed by atoms with van der Waals surface area (Å²) in [5, 5.41) is 1.54. The van der Waals surface area contributed by atoms with E-state index in [0.29, 0.717) is 6.61 Å². The summed E-state index contributed by atoms with van der Waals surface area (Å²) in [7, 11) is 0. The van der Waals surface area contributed by atoms with Crippen molar-refractivity contribution in [2.45, 2.75) is 63.9 Å². The minimum atomic E-state index is -0.920. The minimum Gasteiger partial charge on any atom is -0.333 e. The maximum atomic E-state index is 13.3. The number of nitrogens with zero attached hydrogens (tertiary/aromatic N) is 1. The van der Waals surface area contributed by atoms with Crippen LogP contribution in [0.25, 0.3) is 6.08 Å². The van der Waals surface area contributed by atoms with Gasteiger partial charge in [-0.25, -0.2) is 0 Å². The fourth-order valence-electron chi connectivity index (χ4n) is 4.29. The number of hydrogen-bond acceptors (Lipinski definition) is 3. The molecule has 1 amide bonds. The third-order valence-corrected chi connectivity index (χ3v) is 5.76. The monoisotopic (exact) mass is 391 g/mol. The van der Waals surface area contributed by atoms with Gasteiger partial charge < -0.3 is 4.74 Å². The van der Waals surface area contributed by atoms with Crippen molar-refractivity contribution in [3.8, 4) is 0 Å². The van der Waals surface area contributed by atoms with Crippen molar-refractivity contribution < 1.29 is 14.4 Å². The van der Waals surface area contributed by atoms with Gasteiger partial charge in [-0.2, -0.15) is 5.06 Å². The smallest absolute Gasteiger partial charge is 0.280 e. The Balaban J connectivity index is 1.72. The number of amides is 1. The Kier molecular flexibility index (Phi) is 5.57. The number of carbonyl (C=O) groups is 1. The molecule has 1 aliphatic heterocycles. The zero-order valence-electron chi connectivity index (χ0n) is 17.3. The summed E-state index contributed by atoms with van der Waals surface area (Å²) in [6, 6.07) is 20.2. The van der Waals surface area contributed by atoms with E-state index in [0.717, 1.165) is 48.8 Å². The summed E-state index contributed by atoms with van der Waals surface area (Å²) < 4.78 is 6.54. The molecule has 1 saturated carbocycles. The number of rotatable bonds is 4.